The molecule has 1 heterocycles. The molecule has 1 fully saturated rings. The Morgan fingerprint density at radius 2 is 1.87 bits per heavy atom. The van der Waals surface area contributed by atoms with Crippen molar-refractivity contribution in [3.8, 4) is 5.75 Å². The highest BCUT2D eigenvalue weighted by Gasteiger charge is 2.13. The van der Waals surface area contributed by atoms with Crippen LogP contribution >= 0.6 is 0 Å². The van der Waals surface area contributed by atoms with Gasteiger partial charge in [-0.1, -0.05) is 36.4 Å². The van der Waals surface area contributed by atoms with E-state index < -0.39 is 0 Å². The number of nitrogens with one attached hydrogen (secondary N) is 2. The van der Waals surface area contributed by atoms with E-state index in [0.29, 0.717) is 6.54 Å². The minimum Gasteiger partial charge on any atom is -0.489 e. The fourth-order valence-electron chi connectivity index (χ4n) is 3.49. The fraction of sp³-hybridized carbons (Fsp3) is 0.458. The SMILES string of the molecule is CN=C(NCc1ccccc1CN1CCOCC1)NCC(C)Oc1cccc(C)c1. The minimum absolute atomic E-state index is 0.0268. The van der Waals surface area contributed by atoms with E-state index in [1.165, 1.54) is 16.7 Å². The van der Waals surface area contributed by atoms with Crippen molar-refractivity contribution in [3.05, 3.63) is 65.2 Å². The largest absolute Gasteiger partial charge is 0.489 e. The monoisotopic (exact) mass is 410 g/mol. The molecule has 0 amide bonds. The molecule has 6 heteroatoms. The number of aryl methyl sites for hydroxylation is 1. The smallest absolute Gasteiger partial charge is 0.191 e. The zero-order valence-corrected chi connectivity index (χ0v) is 18.4. The standard InChI is InChI=1S/C24H34N4O2/c1-19-7-6-10-23(15-19)30-20(2)16-26-24(25-3)27-17-21-8-4-5-9-22(21)18-28-11-13-29-14-12-28/h4-10,15,20H,11-14,16-18H2,1-3H3,(H2,25,26,27). The number of hydrogen-bond donors (Lipinski definition) is 2. The van der Waals surface area contributed by atoms with Crippen LogP contribution in [0.1, 0.15) is 23.6 Å². The molecule has 0 spiro atoms. The van der Waals surface area contributed by atoms with Gasteiger partial charge in [-0.3, -0.25) is 9.89 Å². The van der Waals surface area contributed by atoms with Crippen LogP contribution in [0, 0.1) is 6.92 Å². The van der Waals surface area contributed by atoms with Gasteiger partial charge in [0.1, 0.15) is 11.9 Å². The highest BCUT2D eigenvalue weighted by atomic mass is 16.5. The Morgan fingerprint density at radius 3 is 2.60 bits per heavy atom. The lowest BCUT2D eigenvalue weighted by molar-refractivity contribution is 0.0341. The van der Waals surface area contributed by atoms with E-state index in [4.69, 9.17) is 9.47 Å². The number of nitrogens with zero attached hydrogens (tertiary/aromatic N) is 2. The summed E-state index contributed by atoms with van der Waals surface area (Å²) in [6, 6.07) is 16.7. The van der Waals surface area contributed by atoms with Crippen LogP contribution < -0.4 is 15.4 Å². The average molecular weight is 411 g/mol. The van der Waals surface area contributed by atoms with Gasteiger partial charge in [-0.15, -0.1) is 0 Å². The summed E-state index contributed by atoms with van der Waals surface area (Å²) in [4.78, 5) is 6.80. The van der Waals surface area contributed by atoms with E-state index in [1.54, 1.807) is 7.05 Å². The number of rotatable bonds is 8. The van der Waals surface area contributed by atoms with Crippen LogP contribution in [0.5, 0.6) is 5.75 Å². The van der Waals surface area contributed by atoms with Gasteiger partial charge in [0.2, 0.25) is 0 Å². The second-order valence-electron chi connectivity index (χ2n) is 7.71. The van der Waals surface area contributed by atoms with Crippen molar-refractivity contribution < 1.29 is 9.47 Å². The highest BCUT2D eigenvalue weighted by molar-refractivity contribution is 5.79. The van der Waals surface area contributed by atoms with Gasteiger partial charge >= 0.3 is 0 Å². The Balaban J connectivity index is 1.48. The van der Waals surface area contributed by atoms with Gasteiger partial charge in [-0.25, -0.2) is 0 Å². The van der Waals surface area contributed by atoms with Crippen molar-refractivity contribution in [2.75, 3.05) is 39.9 Å². The summed E-state index contributed by atoms with van der Waals surface area (Å²) < 4.78 is 11.5. The molecule has 0 bridgehead atoms. The summed E-state index contributed by atoms with van der Waals surface area (Å²) in [5, 5.41) is 6.79. The molecule has 1 saturated heterocycles. The molecule has 3 rings (SSSR count). The Bertz CT molecular complexity index is 818. The molecule has 0 saturated carbocycles. The Morgan fingerprint density at radius 1 is 1.10 bits per heavy atom. The maximum absolute atomic E-state index is 6.00. The minimum atomic E-state index is 0.0268. The molecule has 0 aromatic heterocycles. The normalized spacial score (nSPS) is 16.2. The number of hydrogen-bond acceptors (Lipinski definition) is 4. The van der Waals surface area contributed by atoms with Crippen molar-refractivity contribution in [1.82, 2.24) is 15.5 Å². The van der Waals surface area contributed by atoms with E-state index in [2.05, 4.69) is 70.8 Å². The Hall–Kier alpha value is -2.57. The topological polar surface area (TPSA) is 58.1 Å². The van der Waals surface area contributed by atoms with Crippen molar-refractivity contribution >= 4 is 5.96 Å². The molecule has 1 unspecified atom stereocenters. The van der Waals surface area contributed by atoms with Gasteiger partial charge in [0.05, 0.1) is 19.8 Å². The number of guanidine groups is 1. The Kier molecular flexibility index (Phi) is 8.53. The zero-order valence-electron chi connectivity index (χ0n) is 18.4. The van der Waals surface area contributed by atoms with Gasteiger partial charge in [0.15, 0.2) is 5.96 Å². The van der Waals surface area contributed by atoms with Gasteiger partial charge in [-0.2, -0.15) is 0 Å². The average Bonchev–Trinajstić information content (AvgIpc) is 2.75. The third-order valence-corrected chi connectivity index (χ3v) is 5.17. The number of benzene rings is 2. The second kappa shape index (κ2) is 11.6. The van der Waals surface area contributed by atoms with Crippen molar-refractivity contribution in [2.24, 2.45) is 4.99 Å². The second-order valence-corrected chi connectivity index (χ2v) is 7.71. The van der Waals surface area contributed by atoms with E-state index in [1.807, 2.05) is 12.1 Å². The van der Waals surface area contributed by atoms with Crippen molar-refractivity contribution in [3.63, 3.8) is 0 Å². The third kappa shape index (κ3) is 7.04. The molecule has 1 aliphatic rings. The molecule has 30 heavy (non-hydrogen) atoms. The Labute approximate surface area is 180 Å². The number of aliphatic imine (C=N–C) groups is 1. The molecule has 1 atom stereocenters. The number of morpholine rings is 1. The van der Waals surface area contributed by atoms with Crippen molar-refractivity contribution in [1.29, 1.82) is 0 Å². The summed E-state index contributed by atoms with van der Waals surface area (Å²) in [6.07, 6.45) is 0.0268. The first kappa shape index (κ1) is 22.1. The maximum Gasteiger partial charge on any atom is 0.191 e. The van der Waals surface area contributed by atoms with Crippen LogP contribution in [0.2, 0.25) is 0 Å². The molecule has 0 aliphatic carbocycles. The van der Waals surface area contributed by atoms with Crippen LogP contribution in [0.25, 0.3) is 0 Å². The molecule has 162 valence electrons. The molecular weight excluding hydrogens is 376 g/mol. The fourth-order valence-corrected chi connectivity index (χ4v) is 3.49. The molecule has 1 aliphatic heterocycles. The van der Waals surface area contributed by atoms with Crippen LogP contribution in [0.4, 0.5) is 0 Å². The predicted octanol–water partition coefficient (Wildman–Crippen LogP) is 2.96. The highest BCUT2D eigenvalue weighted by Crippen LogP contribution is 2.14. The summed E-state index contributed by atoms with van der Waals surface area (Å²) in [7, 11) is 1.79. The summed E-state index contributed by atoms with van der Waals surface area (Å²) in [5.41, 5.74) is 3.83. The molecule has 2 N–H and O–H groups in total. The molecule has 6 nitrogen and oxygen atoms in total. The van der Waals surface area contributed by atoms with E-state index in [-0.39, 0.29) is 6.10 Å². The third-order valence-electron chi connectivity index (χ3n) is 5.17. The van der Waals surface area contributed by atoms with Crippen molar-refractivity contribution in [2.45, 2.75) is 33.0 Å². The first-order chi connectivity index (χ1) is 14.6. The lowest BCUT2D eigenvalue weighted by Crippen LogP contribution is -2.41. The molecule has 0 radical (unpaired) electrons. The zero-order chi connectivity index (χ0) is 21.2. The first-order valence-electron chi connectivity index (χ1n) is 10.7. The molecule has 2 aromatic carbocycles. The van der Waals surface area contributed by atoms with Gasteiger partial charge < -0.3 is 20.1 Å². The van der Waals surface area contributed by atoms with Crippen LogP contribution in [-0.2, 0) is 17.8 Å². The van der Waals surface area contributed by atoms with E-state index >= 15 is 0 Å². The van der Waals surface area contributed by atoms with Gasteiger partial charge in [0, 0.05) is 33.2 Å². The quantitative estimate of drug-likeness (QED) is 0.518. The summed E-state index contributed by atoms with van der Waals surface area (Å²) >= 11 is 0. The van der Waals surface area contributed by atoms with Gasteiger partial charge in [0.25, 0.3) is 0 Å². The van der Waals surface area contributed by atoms with Crippen LogP contribution in [-0.4, -0.2) is 56.9 Å². The van der Waals surface area contributed by atoms with E-state index in [9.17, 15) is 0 Å². The summed E-state index contributed by atoms with van der Waals surface area (Å²) in [6.45, 7) is 10.1. The number of ether oxygens (including phenoxy) is 2. The predicted molar refractivity (Wildman–Crippen MR) is 122 cm³/mol. The first-order valence-corrected chi connectivity index (χ1v) is 10.7. The molecule has 2 aromatic rings. The van der Waals surface area contributed by atoms with Gasteiger partial charge in [-0.05, 0) is 42.7 Å². The summed E-state index contributed by atoms with van der Waals surface area (Å²) in [5.74, 6) is 1.67. The van der Waals surface area contributed by atoms with E-state index in [0.717, 1.165) is 51.1 Å². The van der Waals surface area contributed by atoms with Crippen LogP contribution in [0.15, 0.2) is 53.5 Å². The molecular formula is C24H34N4O2. The lowest BCUT2D eigenvalue weighted by Gasteiger charge is -2.27. The lowest BCUT2D eigenvalue weighted by atomic mass is 10.1. The maximum atomic E-state index is 6.00. The van der Waals surface area contributed by atoms with Crippen LogP contribution in [0.3, 0.4) is 0 Å².